The molecule has 1 aliphatic rings. The van der Waals surface area contributed by atoms with Crippen LogP contribution in [-0.4, -0.2) is 87.0 Å². The molecule has 2 N–H and O–H groups in total. The predicted octanol–water partition coefficient (Wildman–Crippen LogP) is 2.16. The molecule has 0 atom stereocenters. The highest BCUT2D eigenvalue weighted by molar-refractivity contribution is 5.90. The van der Waals surface area contributed by atoms with Crippen molar-refractivity contribution in [1.29, 1.82) is 0 Å². The number of furan rings is 1. The third-order valence-corrected chi connectivity index (χ3v) is 5.13. The molecule has 0 bridgehead atoms. The maximum atomic E-state index is 8.93. The molecular formula is C25H29N9O3. The van der Waals surface area contributed by atoms with Gasteiger partial charge in [-0.05, 0) is 36.4 Å². The van der Waals surface area contributed by atoms with E-state index in [1.165, 1.54) is 18.4 Å². The summed E-state index contributed by atoms with van der Waals surface area (Å²) in [7, 11) is -2.65. The van der Waals surface area contributed by atoms with Gasteiger partial charge in [-0.2, -0.15) is 14.6 Å². The van der Waals surface area contributed by atoms with Gasteiger partial charge in [-0.25, -0.2) is 9.67 Å². The van der Waals surface area contributed by atoms with Crippen molar-refractivity contribution in [3.05, 3.63) is 48.9 Å². The monoisotopic (exact) mass is 518 g/mol. The number of hydrogen-bond donors (Lipinski definition) is 1. The van der Waals surface area contributed by atoms with Crippen molar-refractivity contribution in [3.8, 4) is 17.3 Å². The molecule has 0 aliphatic carbocycles. The number of nitrogens with zero attached hydrogens (tertiary/aromatic N) is 8. The van der Waals surface area contributed by atoms with Crippen molar-refractivity contribution in [2.75, 3.05) is 63.4 Å². The summed E-state index contributed by atoms with van der Waals surface area (Å²) >= 11 is 0. The molecule has 192 valence electrons. The number of nitrogen functional groups attached to an aromatic ring is 1. The number of rotatable bonds is 9. The Kier molecular flexibility index (Phi) is 3.25. The molecule has 1 saturated heterocycles. The van der Waals surface area contributed by atoms with E-state index >= 15 is 0 Å². The molecule has 0 unspecified atom stereocenters. The van der Waals surface area contributed by atoms with Crippen molar-refractivity contribution in [3.63, 3.8) is 0 Å². The van der Waals surface area contributed by atoms with Crippen LogP contribution in [0.15, 0.2) is 53.3 Å². The van der Waals surface area contributed by atoms with Gasteiger partial charge in [0.2, 0.25) is 11.8 Å². The number of aryl methyl sites for hydroxylation is 1. The lowest BCUT2D eigenvalue weighted by Crippen LogP contribution is -2.47. The van der Waals surface area contributed by atoms with Crippen molar-refractivity contribution in [2.45, 2.75) is 6.50 Å². The third-order valence-electron chi connectivity index (χ3n) is 5.13. The Balaban J connectivity index is 1.38. The molecule has 1 aromatic carbocycles. The fourth-order valence-electron chi connectivity index (χ4n) is 3.43. The second-order valence-electron chi connectivity index (χ2n) is 7.44. The van der Waals surface area contributed by atoms with Crippen LogP contribution in [0.3, 0.4) is 0 Å². The molecule has 0 saturated carbocycles. The third kappa shape index (κ3) is 4.68. The summed E-state index contributed by atoms with van der Waals surface area (Å²) in [5, 5.41) is 8.15. The standard InChI is InChI=1S/C25H29N9O3/c1-35-15-16-36-19-6-4-18(5-7-19)32-11-8-31(9-12-32)10-13-33-23-20(17-27-33)24-28-22(21-3-2-14-37-21)30-34(24)25(26)29-23/h2-7,14,17H,8-13,15-16H2,1H3,(H2,26,29)/i1D3,8D2,9D2,10D2,11D2,12D2,13D2. The lowest BCUT2D eigenvalue weighted by Gasteiger charge is -2.36. The van der Waals surface area contributed by atoms with Gasteiger partial charge >= 0.3 is 0 Å². The Morgan fingerprint density at radius 3 is 2.73 bits per heavy atom. The molecule has 0 radical (unpaired) electrons. The first-order valence-electron chi connectivity index (χ1n) is 18.3. The van der Waals surface area contributed by atoms with E-state index in [2.05, 4.69) is 24.9 Å². The minimum absolute atomic E-state index is 0.00194. The molecule has 1 aliphatic heterocycles. The number of nitrogens with two attached hydrogens (primary N) is 1. The average molecular weight is 519 g/mol. The predicted molar refractivity (Wildman–Crippen MR) is 139 cm³/mol. The van der Waals surface area contributed by atoms with Crippen molar-refractivity contribution >= 4 is 28.3 Å². The van der Waals surface area contributed by atoms with Crippen LogP contribution in [0.25, 0.3) is 28.3 Å². The van der Waals surface area contributed by atoms with Crippen LogP contribution in [0.2, 0.25) is 0 Å². The molecule has 4 aromatic heterocycles. The summed E-state index contributed by atoms with van der Waals surface area (Å²) < 4.78 is 144. The highest BCUT2D eigenvalue weighted by Crippen LogP contribution is 2.24. The normalized spacial score (nSPS) is 27.2. The molecule has 0 spiro atoms. The second kappa shape index (κ2) is 10.1. The zero-order chi connectivity index (χ0) is 38.4. The number of methoxy groups -OCH3 is 1. The smallest absolute Gasteiger partial charge is 0.225 e. The number of anilines is 2. The van der Waals surface area contributed by atoms with Gasteiger partial charge in [-0.15, -0.1) is 5.10 Å². The van der Waals surface area contributed by atoms with E-state index in [1.54, 1.807) is 12.1 Å². The number of ether oxygens (including phenoxy) is 2. The van der Waals surface area contributed by atoms with Crippen LogP contribution in [0.1, 0.15) is 20.6 Å². The number of aromatic nitrogens is 6. The molecular weight excluding hydrogens is 474 g/mol. The summed E-state index contributed by atoms with van der Waals surface area (Å²) in [5.41, 5.74) is 5.28. The van der Waals surface area contributed by atoms with Gasteiger partial charge in [0.05, 0.1) is 43.3 Å². The van der Waals surface area contributed by atoms with E-state index in [4.69, 9.17) is 35.4 Å². The second-order valence-corrected chi connectivity index (χ2v) is 7.44. The van der Waals surface area contributed by atoms with Crippen LogP contribution in [0.5, 0.6) is 5.75 Å². The minimum Gasteiger partial charge on any atom is -0.491 e. The van der Waals surface area contributed by atoms with Crippen LogP contribution >= 0.6 is 0 Å². The first kappa shape index (κ1) is 11.9. The number of piperazine rings is 1. The highest BCUT2D eigenvalue weighted by Gasteiger charge is 2.20. The summed E-state index contributed by atoms with van der Waals surface area (Å²) in [6, 6.07) is 7.79. The van der Waals surface area contributed by atoms with Crippen LogP contribution in [0.4, 0.5) is 11.6 Å². The van der Waals surface area contributed by atoms with Gasteiger partial charge in [0.1, 0.15) is 12.4 Å². The van der Waals surface area contributed by atoms with Crippen molar-refractivity contribution in [2.24, 2.45) is 0 Å². The van der Waals surface area contributed by atoms with E-state index < -0.39 is 56.6 Å². The zero-order valence-corrected chi connectivity index (χ0v) is 18.9. The molecule has 12 heteroatoms. The summed E-state index contributed by atoms with van der Waals surface area (Å²) in [5.74, 6) is 0.0846. The van der Waals surface area contributed by atoms with Gasteiger partial charge in [0.25, 0.3) is 0 Å². The zero-order valence-electron chi connectivity index (χ0n) is 33.9. The lowest BCUT2D eigenvalue weighted by molar-refractivity contribution is 0.146. The molecule has 5 heterocycles. The van der Waals surface area contributed by atoms with E-state index in [0.29, 0.717) is 4.68 Å². The van der Waals surface area contributed by atoms with Gasteiger partial charge in [-0.3, -0.25) is 4.90 Å². The Labute approximate surface area is 234 Å². The largest absolute Gasteiger partial charge is 0.491 e. The first-order valence-corrected chi connectivity index (χ1v) is 10.8. The van der Waals surface area contributed by atoms with Crippen molar-refractivity contribution in [1.82, 2.24) is 34.3 Å². The van der Waals surface area contributed by atoms with Gasteiger partial charge in [0.15, 0.2) is 17.1 Å². The van der Waals surface area contributed by atoms with Crippen LogP contribution in [0, 0.1) is 0 Å². The highest BCUT2D eigenvalue weighted by atomic mass is 16.5. The number of hydrogen-bond acceptors (Lipinski definition) is 10. The molecule has 12 nitrogen and oxygen atoms in total. The first-order chi connectivity index (χ1) is 23.9. The Morgan fingerprint density at radius 1 is 1.08 bits per heavy atom. The Morgan fingerprint density at radius 2 is 1.95 bits per heavy atom. The Hall–Kier alpha value is -4.16. The molecule has 1 fully saturated rings. The fourth-order valence-corrected chi connectivity index (χ4v) is 3.43. The molecule has 0 amide bonds. The molecule has 37 heavy (non-hydrogen) atoms. The van der Waals surface area contributed by atoms with E-state index in [-0.39, 0.29) is 58.1 Å². The average Bonchev–Trinajstić information content (AvgIpc) is 3.78. The fraction of sp³-hybridized carbons (Fsp3) is 0.360. The van der Waals surface area contributed by atoms with Gasteiger partial charge in [0, 0.05) is 53.4 Å². The SMILES string of the molecule is [2H]C([2H])([2H])OCCOc1ccc(N2C([2H])([2H])C([2H])([2H])N(C([2H])([2H])C([2H])([2H])n3ncc4c3nc(N)n3nc(-c5ccco5)nc43)C([2H])([2H])C2([2H])[2H])cc1. The summed E-state index contributed by atoms with van der Waals surface area (Å²) in [6.07, 6.45) is 2.44. The minimum atomic E-state index is -3.92. The lowest BCUT2D eigenvalue weighted by atomic mass is 10.2. The van der Waals surface area contributed by atoms with Crippen LogP contribution < -0.4 is 15.4 Å². The van der Waals surface area contributed by atoms with E-state index in [0.717, 1.165) is 22.8 Å². The molecule has 6 rings (SSSR count). The van der Waals surface area contributed by atoms with E-state index in [1.807, 2.05) is 0 Å². The number of fused-ring (bicyclic) bond motifs is 3. The molecule has 5 aromatic rings. The van der Waals surface area contributed by atoms with Crippen molar-refractivity contribution < 1.29 is 34.5 Å². The maximum absolute atomic E-state index is 8.93. The van der Waals surface area contributed by atoms with E-state index in [9.17, 15) is 0 Å². The Bertz CT molecular complexity index is 2070. The van der Waals surface area contributed by atoms with Gasteiger partial charge < -0.3 is 24.5 Å². The quantitative estimate of drug-likeness (QED) is 0.290. The topological polar surface area (TPSA) is 125 Å². The maximum Gasteiger partial charge on any atom is 0.225 e. The van der Waals surface area contributed by atoms with Crippen LogP contribution in [-0.2, 0) is 11.2 Å². The van der Waals surface area contributed by atoms with Gasteiger partial charge in [-0.1, -0.05) is 0 Å². The summed E-state index contributed by atoms with van der Waals surface area (Å²) in [4.78, 5) is 8.16. The summed E-state index contributed by atoms with van der Waals surface area (Å²) in [6.45, 7) is -22.8. The number of benzene rings is 1.